The second-order valence-corrected chi connectivity index (χ2v) is 7.64. The Morgan fingerprint density at radius 3 is 2.72 bits per heavy atom. The van der Waals surface area contributed by atoms with Gasteiger partial charge in [-0.25, -0.2) is 14.4 Å². The molecule has 1 saturated heterocycles. The molecule has 4 nitrogen and oxygen atoms in total. The highest BCUT2D eigenvalue weighted by Gasteiger charge is 2.28. The third kappa shape index (κ3) is 4.51. The number of aryl methyl sites for hydroxylation is 1. The second-order valence-electron chi connectivity index (χ2n) is 7.64. The average Bonchev–Trinajstić information content (AvgIpc) is 2.77. The minimum absolute atomic E-state index is 0.138. The number of hydrogen-bond acceptors (Lipinski definition) is 4. The number of benzene rings is 1. The Morgan fingerprint density at radius 1 is 1.10 bits per heavy atom. The molecule has 4 rings (SSSR count). The lowest BCUT2D eigenvalue weighted by atomic mass is 9.93. The van der Waals surface area contributed by atoms with E-state index in [-0.39, 0.29) is 11.9 Å². The van der Waals surface area contributed by atoms with Gasteiger partial charge < -0.3 is 0 Å². The molecule has 3 heterocycles. The summed E-state index contributed by atoms with van der Waals surface area (Å²) in [5, 5.41) is 0. The minimum Gasteiger partial charge on any atom is -0.290 e. The Kier molecular flexibility index (Phi) is 6.25. The Hall–Kier alpha value is -2.66. The lowest BCUT2D eigenvalue weighted by Crippen LogP contribution is -2.34. The summed E-state index contributed by atoms with van der Waals surface area (Å²) < 4.78 is 14.3. The van der Waals surface area contributed by atoms with E-state index in [1.165, 1.54) is 0 Å². The van der Waals surface area contributed by atoms with E-state index in [0.717, 1.165) is 66.9 Å². The fourth-order valence-corrected chi connectivity index (χ4v) is 4.12. The average molecular weight is 391 g/mol. The molecule has 1 aromatic carbocycles. The number of nitrogens with zero attached hydrogens (tertiary/aromatic N) is 4. The number of pyridine rings is 1. The van der Waals surface area contributed by atoms with Crippen LogP contribution in [0.2, 0.25) is 0 Å². The van der Waals surface area contributed by atoms with Crippen molar-refractivity contribution in [1.82, 2.24) is 19.9 Å². The minimum atomic E-state index is -0.138. The first-order valence-electron chi connectivity index (χ1n) is 10.5. The Morgan fingerprint density at radius 2 is 1.93 bits per heavy atom. The van der Waals surface area contributed by atoms with Crippen LogP contribution in [0.4, 0.5) is 4.39 Å². The summed E-state index contributed by atoms with van der Waals surface area (Å²) in [7, 11) is 0. The van der Waals surface area contributed by atoms with Gasteiger partial charge in [-0.2, -0.15) is 0 Å². The van der Waals surface area contributed by atoms with Crippen LogP contribution in [0.1, 0.15) is 55.7 Å². The summed E-state index contributed by atoms with van der Waals surface area (Å²) in [5.41, 5.74) is 3.94. The molecule has 29 heavy (non-hydrogen) atoms. The van der Waals surface area contributed by atoms with Gasteiger partial charge >= 0.3 is 0 Å². The first-order valence-corrected chi connectivity index (χ1v) is 10.5. The third-order valence-electron chi connectivity index (χ3n) is 5.59. The summed E-state index contributed by atoms with van der Waals surface area (Å²) in [4.78, 5) is 16.2. The van der Waals surface area contributed by atoms with Gasteiger partial charge in [0.05, 0.1) is 11.7 Å². The van der Waals surface area contributed by atoms with Crippen LogP contribution in [-0.2, 0) is 13.0 Å². The predicted molar refractivity (Wildman–Crippen MR) is 113 cm³/mol. The largest absolute Gasteiger partial charge is 0.290 e. The topological polar surface area (TPSA) is 41.9 Å². The zero-order valence-electron chi connectivity index (χ0n) is 16.9. The van der Waals surface area contributed by atoms with Crippen molar-refractivity contribution in [1.29, 1.82) is 0 Å². The van der Waals surface area contributed by atoms with Crippen molar-refractivity contribution in [3.8, 4) is 11.1 Å². The fourth-order valence-electron chi connectivity index (χ4n) is 4.12. The van der Waals surface area contributed by atoms with E-state index in [9.17, 15) is 4.39 Å². The molecular formula is C24H27FN4. The lowest BCUT2D eigenvalue weighted by Gasteiger charge is -2.36. The van der Waals surface area contributed by atoms with Crippen molar-refractivity contribution in [3.63, 3.8) is 0 Å². The quantitative estimate of drug-likeness (QED) is 0.568. The monoisotopic (exact) mass is 390 g/mol. The number of halogens is 1. The van der Waals surface area contributed by atoms with Crippen molar-refractivity contribution in [2.45, 2.75) is 51.6 Å². The second kappa shape index (κ2) is 9.23. The maximum Gasteiger partial charge on any atom is 0.128 e. The van der Waals surface area contributed by atoms with Crippen LogP contribution in [0.15, 0.2) is 55.0 Å². The molecule has 5 heteroatoms. The van der Waals surface area contributed by atoms with Crippen LogP contribution in [0, 0.1) is 5.82 Å². The molecule has 0 radical (unpaired) electrons. The van der Waals surface area contributed by atoms with E-state index < -0.39 is 0 Å². The highest BCUT2D eigenvalue weighted by atomic mass is 19.1. The Labute approximate surface area is 171 Å². The van der Waals surface area contributed by atoms with Gasteiger partial charge in [-0.1, -0.05) is 31.5 Å². The van der Waals surface area contributed by atoms with Crippen LogP contribution in [0.25, 0.3) is 11.1 Å². The number of aromatic nitrogens is 3. The molecule has 0 aliphatic carbocycles. The smallest absolute Gasteiger partial charge is 0.128 e. The van der Waals surface area contributed by atoms with Crippen molar-refractivity contribution >= 4 is 0 Å². The summed E-state index contributed by atoms with van der Waals surface area (Å²) >= 11 is 0. The Balaban J connectivity index is 1.73. The molecule has 0 N–H and O–H groups in total. The molecule has 0 amide bonds. The normalized spacial score (nSPS) is 17.4. The molecule has 0 saturated carbocycles. The first kappa shape index (κ1) is 19.6. The lowest BCUT2D eigenvalue weighted by molar-refractivity contribution is 0.136. The molecule has 150 valence electrons. The van der Waals surface area contributed by atoms with Crippen LogP contribution in [0.5, 0.6) is 0 Å². The summed E-state index contributed by atoms with van der Waals surface area (Å²) in [5.74, 6) is 0.747. The van der Waals surface area contributed by atoms with Gasteiger partial charge in [0.15, 0.2) is 0 Å². The molecule has 3 aromatic rings. The zero-order chi connectivity index (χ0) is 20.1. The van der Waals surface area contributed by atoms with Crippen LogP contribution in [0.3, 0.4) is 0 Å². The maximum atomic E-state index is 14.3. The number of rotatable bonds is 6. The van der Waals surface area contributed by atoms with Crippen LogP contribution >= 0.6 is 0 Å². The number of hydrogen-bond donors (Lipinski definition) is 0. The van der Waals surface area contributed by atoms with E-state index in [1.807, 2.05) is 30.5 Å². The molecule has 1 aliphatic rings. The standard InChI is InChI=1S/C24H27FN4/c1-2-7-23-27-16-20(18-11-13-26-14-12-18)24(28-23)22-10-5-6-15-29(22)17-19-8-3-4-9-21(19)25/h3-4,8-9,11-14,16,22H,2,5-7,10,15,17H2,1H3/t22-/m1/s1. The van der Waals surface area contributed by atoms with Crippen molar-refractivity contribution in [2.75, 3.05) is 6.54 Å². The number of piperidine rings is 1. The highest BCUT2D eigenvalue weighted by molar-refractivity contribution is 5.65. The fraction of sp³-hybridized carbons (Fsp3) is 0.375. The molecular weight excluding hydrogens is 363 g/mol. The van der Waals surface area contributed by atoms with Crippen LogP contribution in [-0.4, -0.2) is 26.4 Å². The van der Waals surface area contributed by atoms with Crippen LogP contribution < -0.4 is 0 Å². The van der Waals surface area contributed by atoms with E-state index in [4.69, 9.17) is 4.98 Å². The van der Waals surface area contributed by atoms with E-state index in [0.29, 0.717) is 6.54 Å². The van der Waals surface area contributed by atoms with Crippen molar-refractivity contribution in [2.24, 2.45) is 0 Å². The maximum absolute atomic E-state index is 14.3. The molecule has 0 unspecified atom stereocenters. The zero-order valence-corrected chi connectivity index (χ0v) is 16.9. The van der Waals surface area contributed by atoms with E-state index in [1.54, 1.807) is 24.5 Å². The number of likely N-dealkylation sites (tertiary alicyclic amines) is 1. The van der Waals surface area contributed by atoms with Gasteiger partial charge in [-0.3, -0.25) is 9.88 Å². The molecule has 1 aliphatic heterocycles. The van der Waals surface area contributed by atoms with Gasteiger partial charge in [-0.05, 0) is 49.6 Å². The van der Waals surface area contributed by atoms with Gasteiger partial charge in [0.2, 0.25) is 0 Å². The van der Waals surface area contributed by atoms with E-state index in [2.05, 4.69) is 21.8 Å². The van der Waals surface area contributed by atoms with Gasteiger partial charge in [0.25, 0.3) is 0 Å². The first-order chi connectivity index (χ1) is 14.3. The molecule has 1 fully saturated rings. The summed E-state index contributed by atoms with van der Waals surface area (Å²) in [6.45, 7) is 3.69. The van der Waals surface area contributed by atoms with Crippen molar-refractivity contribution in [3.05, 3.63) is 77.9 Å². The van der Waals surface area contributed by atoms with Gasteiger partial charge in [0.1, 0.15) is 11.6 Å². The molecule has 0 bridgehead atoms. The SMILES string of the molecule is CCCc1ncc(-c2ccncc2)c([C@H]2CCCCN2Cc2ccccc2F)n1. The molecule has 2 aromatic heterocycles. The molecule has 1 atom stereocenters. The Bertz CT molecular complexity index is 945. The van der Waals surface area contributed by atoms with Crippen molar-refractivity contribution < 1.29 is 4.39 Å². The highest BCUT2D eigenvalue weighted by Crippen LogP contribution is 2.36. The third-order valence-corrected chi connectivity index (χ3v) is 5.59. The summed E-state index contributed by atoms with van der Waals surface area (Å²) in [6.07, 6.45) is 10.7. The summed E-state index contributed by atoms with van der Waals surface area (Å²) in [6, 6.07) is 11.2. The van der Waals surface area contributed by atoms with E-state index >= 15 is 0 Å². The van der Waals surface area contributed by atoms with Gasteiger partial charge in [-0.15, -0.1) is 0 Å². The van der Waals surface area contributed by atoms with Gasteiger partial charge in [0, 0.05) is 42.7 Å². The predicted octanol–water partition coefficient (Wildman–Crippen LogP) is 5.36. The molecule has 0 spiro atoms.